The average Bonchev–Trinajstić information content (AvgIpc) is 3.35. The molecule has 1 unspecified atom stereocenters. The molecule has 0 spiro atoms. The highest BCUT2D eigenvalue weighted by molar-refractivity contribution is 5.84. The Morgan fingerprint density at radius 3 is 2.96 bits per heavy atom. The van der Waals surface area contributed by atoms with Gasteiger partial charge >= 0.3 is 0 Å². The lowest BCUT2D eigenvalue weighted by Crippen LogP contribution is -2.26. The molecule has 1 aliphatic heterocycles. The number of halogens is 2. The van der Waals surface area contributed by atoms with E-state index in [-0.39, 0.29) is 17.9 Å². The Labute approximate surface area is 159 Å². The van der Waals surface area contributed by atoms with Crippen molar-refractivity contribution in [3.63, 3.8) is 0 Å². The van der Waals surface area contributed by atoms with Crippen LogP contribution in [0.2, 0.25) is 0 Å². The van der Waals surface area contributed by atoms with E-state index in [0.29, 0.717) is 35.6 Å². The Morgan fingerprint density at radius 2 is 2.25 bits per heavy atom. The first-order chi connectivity index (χ1) is 13.4. The molecular weight excluding hydrogens is 370 g/mol. The van der Waals surface area contributed by atoms with E-state index in [9.17, 15) is 13.6 Å². The lowest BCUT2D eigenvalue weighted by Gasteiger charge is -2.20. The molecule has 4 heterocycles. The van der Waals surface area contributed by atoms with Crippen molar-refractivity contribution in [1.82, 2.24) is 29.6 Å². The van der Waals surface area contributed by atoms with E-state index < -0.39 is 13.0 Å². The van der Waals surface area contributed by atoms with Gasteiger partial charge in [0.1, 0.15) is 18.2 Å². The Hall–Kier alpha value is -3.04. The van der Waals surface area contributed by atoms with Gasteiger partial charge in [-0.1, -0.05) is 0 Å². The number of fused-ring (bicyclic) bond motifs is 1. The predicted octanol–water partition coefficient (Wildman–Crippen LogP) is 2.00. The van der Waals surface area contributed by atoms with Crippen LogP contribution in [0.5, 0.6) is 5.88 Å². The van der Waals surface area contributed by atoms with Gasteiger partial charge in [0, 0.05) is 37.7 Å². The summed E-state index contributed by atoms with van der Waals surface area (Å²) in [6, 6.07) is 1.78. The highest BCUT2D eigenvalue weighted by Gasteiger charge is 2.29. The Morgan fingerprint density at radius 1 is 1.43 bits per heavy atom. The average molecular weight is 390 g/mol. The molecule has 1 saturated heterocycles. The number of carbonyl (C=O) groups is 1. The minimum absolute atomic E-state index is 0.0132. The molecule has 0 aliphatic carbocycles. The topological polar surface area (TPSA) is 86.9 Å². The zero-order valence-corrected chi connectivity index (χ0v) is 15.5. The third-order valence-electron chi connectivity index (χ3n) is 4.89. The molecule has 1 N–H and O–H groups in total. The zero-order valence-electron chi connectivity index (χ0n) is 15.5. The number of pyridine rings is 1. The normalized spacial score (nSPS) is 18.0. The fourth-order valence-corrected chi connectivity index (χ4v) is 3.34. The van der Waals surface area contributed by atoms with Gasteiger partial charge < -0.3 is 14.6 Å². The summed E-state index contributed by atoms with van der Waals surface area (Å²) in [4.78, 5) is 20.5. The molecule has 0 saturated carbocycles. The van der Waals surface area contributed by atoms with Crippen LogP contribution in [0.25, 0.3) is 22.3 Å². The smallest absolute Gasteiger partial charge is 0.257 e. The number of carbonyl (C=O) groups excluding carboxylic acids is 1. The van der Waals surface area contributed by atoms with Crippen LogP contribution >= 0.6 is 0 Å². The van der Waals surface area contributed by atoms with Gasteiger partial charge in [-0.3, -0.25) is 9.48 Å². The summed E-state index contributed by atoms with van der Waals surface area (Å²) in [7, 11) is 1.84. The highest BCUT2D eigenvalue weighted by atomic mass is 19.3. The fourth-order valence-electron chi connectivity index (χ4n) is 3.34. The Bertz CT molecular complexity index is 1010. The number of nitrogens with one attached hydrogen (secondary N) is 1. The largest absolute Gasteiger partial charge is 0.473 e. The third-order valence-corrected chi connectivity index (χ3v) is 4.89. The van der Waals surface area contributed by atoms with Gasteiger partial charge in [0.05, 0.1) is 23.7 Å². The van der Waals surface area contributed by atoms with Crippen LogP contribution in [-0.2, 0) is 18.4 Å². The lowest BCUT2D eigenvalue weighted by molar-refractivity contribution is -0.119. The quantitative estimate of drug-likeness (QED) is 0.696. The molecule has 10 heteroatoms. The summed E-state index contributed by atoms with van der Waals surface area (Å²) in [5.41, 5.74) is 2.54. The van der Waals surface area contributed by atoms with Crippen LogP contribution in [0.3, 0.4) is 0 Å². The number of imidazole rings is 1. The second-order valence-electron chi connectivity index (χ2n) is 6.97. The number of ether oxygens (including phenoxy) is 1. The monoisotopic (exact) mass is 390 g/mol. The van der Waals surface area contributed by atoms with Crippen LogP contribution in [0, 0.1) is 5.92 Å². The van der Waals surface area contributed by atoms with Crippen molar-refractivity contribution in [3.05, 3.63) is 24.8 Å². The van der Waals surface area contributed by atoms with Crippen LogP contribution < -0.4 is 10.1 Å². The first-order valence-corrected chi connectivity index (χ1v) is 8.97. The number of amides is 1. The van der Waals surface area contributed by atoms with Crippen molar-refractivity contribution in [2.75, 3.05) is 6.54 Å². The van der Waals surface area contributed by atoms with E-state index in [0.717, 1.165) is 5.52 Å². The number of hydrogen-bond acceptors (Lipinski definition) is 5. The molecule has 0 radical (unpaired) electrons. The van der Waals surface area contributed by atoms with Crippen molar-refractivity contribution in [2.24, 2.45) is 13.0 Å². The minimum atomic E-state index is -2.48. The van der Waals surface area contributed by atoms with Gasteiger partial charge in [0.2, 0.25) is 11.8 Å². The second-order valence-corrected chi connectivity index (χ2v) is 6.97. The number of nitrogens with zero attached hydrogens (tertiary/aromatic N) is 5. The molecule has 28 heavy (non-hydrogen) atoms. The van der Waals surface area contributed by atoms with Crippen LogP contribution in [0.4, 0.5) is 8.78 Å². The van der Waals surface area contributed by atoms with Gasteiger partial charge in [-0.05, 0) is 13.0 Å². The number of alkyl halides is 2. The minimum Gasteiger partial charge on any atom is -0.473 e. The molecule has 1 aliphatic rings. The molecular formula is C18H20F2N6O2. The molecule has 4 rings (SSSR count). The van der Waals surface area contributed by atoms with Crippen molar-refractivity contribution >= 4 is 16.9 Å². The number of aromatic nitrogens is 5. The molecule has 8 nitrogen and oxygen atoms in total. The van der Waals surface area contributed by atoms with Crippen LogP contribution in [-0.4, -0.2) is 49.3 Å². The van der Waals surface area contributed by atoms with Gasteiger partial charge in [0.25, 0.3) is 6.43 Å². The molecule has 3 aromatic heterocycles. The number of aryl methyl sites for hydroxylation is 1. The molecule has 1 fully saturated rings. The first kappa shape index (κ1) is 18.3. The highest BCUT2D eigenvalue weighted by Crippen LogP contribution is 2.30. The van der Waals surface area contributed by atoms with E-state index in [4.69, 9.17) is 4.74 Å². The molecule has 1 amide bonds. The number of hydrogen-bond donors (Lipinski definition) is 1. The molecule has 3 aromatic rings. The second kappa shape index (κ2) is 7.17. The Balaban J connectivity index is 1.68. The van der Waals surface area contributed by atoms with E-state index in [1.165, 1.54) is 17.1 Å². The van der Waals surface area contributed by atoms with Crippen molar-refractivity contribution in [1.29, 1.82) is 0 Å². The van der Waals surface area contributed by atoms with Crippen LogP contribution in [0.1, 0.15) is 13.3 Å². The summed E-state index contributed by atoms with van der Waals surface area (Å²) >= 11 is 0. The predicted molar refractivity (Wildman–Crippen MR) is 96.9 cm³/mol. The van der Waals surface area contributed by atoms with Gasteiger partial charge in [-0.15, -0.1) is 0 Å². The summed E-state index contributed by atoms with van der Waals surface area (Å²) in [5, 5.41) is 6.77. The standard InChI is InChI=1S/C18H20F2N6O2/c1-10(11-3-16(27)21-5-11)28-18-17-14(22-9-25(17)2)4-13(24-18)12-6-23-26(7-12)8-15(19)20/h4,6-7,9-11,15H,3,5,8H2,1-2H3,(H,21,27)/t10-,11?/m1/s1. The summed E-state index contributed by atoms with van der Waals surface area (Å²) in [6.45, 7) is 1.99. The SMILES string of the molecule is C[C@@H](Oc1nc(-c2cnn(CC(F)F)c2)cc2ncn(C)c12)C1CNC(=O)C1. The van der Waals surface area contributed by atoms with E-state index >= 15 is 0 Å². The third kappa shape index (κ3) is 3.54. The maximum atomic E-state index is 12.6. The van der Waals surface area contributed by atoms with Gasteiger partial charge in [-0.25, -0.2) is 18.7 Å². The maximum absolute atomic E-state index is 12.6. The van der Waals surface area contributed by atoms with Crippen molar-refractivity contribution < 1.29 is 18.3 Å². The van der Waals surface area contributed by atoms with E-state index in [2.05, 4.69) is 20.4 Å². The molecule has 0 bridgehead atoms. The maximum Gasteiger partial charge on any atom is 0.257 e. The van der Waals surface area contributed by atoms with Crippen LogP contribution in [0.15, 0.2) is 24.8 Å². The molecule has 0 aromatic carbocycles. The fraction of sp³-hybridized carbons (Fsp3) is 0.444. The van der Waals surface area contributed by atoms with Crippen molar-refractivity contribution in [3.8, 4) is 17.1 Å². The van der Waals surface area contributed by atoms with Gasteiger partial charge in [0.15, 0.2) is 0 Å². The zero-order chi connectivity index (χ0) is 19.8. The summed E-state index contributed by atoms with van der Waals surface area (Å²) in [5.74, 6) is 0.454. The first-order valence-electron chi connectivity index (χ1n) is 8.97. The number of rotatable bonds is 6. The lowest BCUT2D eigenvalue weighted by atomic mass is 10.0. The molecule has 2 atom stereocenters. The van der Waals surface area contributed by atoms with Crippen molar-refractivity contribution in [2.45, 2.75) is 32.4 Å². The Kier molecular flexibility index (Phi) is 4.70. The van der Waals surface area contributed by atoms with E-state index in [1.807, 2.05) is 18.5 Å². The summed E-state index contributed by atoms with van der Waals surface area (Å²) in [6.07, 6.45) is 2.37. The molecule has 148 valence electrons. The van der Waals surface area contributed by atoms with E-state index in [1.54, 1.807) is 12.4 Å². The summed E-state index contributed by atoms with van der Waals surface area (Å²) < 4.78 is 34.3. The van der Waals surface area contributed by atoms with Gasteiger partial charge in [-0.2, -0.15) is 5.10 Å².